The summed E-state index contributed by atoms with van der Waals surface area (Å²) >= 11 is 0. The molecule has 0 saturated carbocycles. The summed E-state index contributed by atoms with van der Waals surface area (Å²) in [4.78, 5) is 0. The van der Waals surface area contributed by atoms with Crippen LogP contribution in [0.4, 0.5) is 0 Å². The molecule has 2 unspecified atom stereocenters. The molecular formula is C12H26O. The Labute approximate surface area is 83.5 Å². The van der Waals surface area contributed by atoms with Crippen LogP contribution in [0, 0.1) is 11.8 Å². The van der Waals surface area contributed by atoms with E-state index in [2.05, 4.69) is 27.7 Å². The fraction of sp³-hybridized carbons (Fsp3) is 1.00. The van der Waals surface area contributed by atoms with Crippen LogP contribution in [0.5, 0.6) is 0 Å². The quantitative estimate of drug-likeness (QED) is 0.602. The van der Waals surface area contributed by atoms with Gasteiger partial charge in [0.05, 0.1) is 6.10 Å². The highest BCUT2D eigenvalue weighted by atomic mass is 16.3. The molecule has 0 aliphatic heterocycles. The topological polar surface area (TPSA) is 20.2 Å². The maximum absolute atomic E-state index is 9.79. The molecule has 13 heavy (non-hydrogen) atoms. The third kappa shape index (κ3) is 6.09. The predicted octanol–water partition coefficient (Wildman–Crippen LogP) is 3.61. The van der Waals surface area contributed by atoms with E-state index in [9.17, 15) is 5.11 Å². The van der Waals surface area contributed by atoms with Crippen molar-refractivity contribution in [3.05, 3.63) is 0 Å². The summed E-state index contributed by atoms with van der Waals surface area (Å²) in [5.41, 5.74) is 0. The van der Waals surface area contributed by atoms with Gasteiger partial charge >= 0.3 is 0 Å². The Hall–Kier alpha value is -0.0400. The Morgan fingerprint density at radius 1 is 1.00 bits per heavy atom. The minimum atomic E-state index is -0.0862. The van der Waals surface area contributed by atoms with E-state index in [0.717, 1.165) is 6.42 Å². The van der Waals surface area contributed by atoms with E-state index in [1.807, 2.05) is 0 Å². The predicted molar refractivity (Wildman–Crippen MR) is 58.8 cm³/mol. The molecule has 0 aromatic heterocycles. The van der Waals surface area contributed by atoms with E-state index >= 15 is 0 Å². The number of unbranched alkanes of at least 4 members (excludes halogenated alkanes) is 3. The standard InChI is InChI=1S/C12H26O/c1-5-6-7-8-9-12(13)11(4)10(2)3/h10-13H,5-9H2,1-4H3. The van der Waals surface area contributed by atoms with Crippen molar-refractivity contribution in [2.75, 3.05) is 0 Å². The van der Waals surface area contributed by atoms with E-state index < -0.39 is 0 Å². The lowest BCUT2D eigenvalue weighted by molar-refractivity contribution is 0.0813. The second-order valence-electron chi connectivity index (χ2n) is 4.52. The zero-order valence-electron chi connectivity index (χ0n) is 9.71. The summed E-state index contributed by atoms with van der Waals surface area (Å²) in [6.45, 7) is 8.72. The van der Waals surface area contributed by atoms with Crippen molar-refractivity contribution in [1.82, 2.24) is 0 Å². The van der Waals surface area contributed by atoms with E-state index in [1.165, 1.54) is 25.7 Å². The lowest BCUT2D eigenvalue weighted by Crippen LogP contribution is -2.22. The van der Waals surface area contributed by atoms with E-state index in [0.29, 0.717) is 11.8 Å². The molecule has 0 spiro atoms. The second-order valence-corrected chi connectivity index (χ2v) is 4.52. The van der Waals surface area contributed by atoms with Crippen molar-refractivity contribution >= 4 is 0 Å². The number of aliphatic hydroxyl groups is 1. The SMILES string of the molecule is CCCCCCC(O)C(C)C(C)C. The van der Waals surface area contributed by atoms with Crippen molar-refractivity contribution < 1.29 is 5.11 Å². The van der Waals surface area contributed by atoms with Crippen LogP contribution >= 0.6 is 0 Å². The first-order valence-corrected chi connectivity index (χ1v) is 5.77. The molecule has 0 heterocycles. The zero-order chi connectivity index (χ0) is 10.3. The molecule has 1 N–H and O–H groups in total. The highest BCUT2D eigenvalue weighted by Crippen LogP contribution is 2.19. The van der Waals surface area contributed by atoms with Gasteiger partial charge in [0.2, 0.25) is 0 Å². The van der Waals surface area contributed by atoms with E-state index in [1.54, 1.807) is 0 Å². The van der Waals surface area contributed by atoms with Gasteiger partial charge in [0, 0.05) is 0 Å². The van der Waals surface area contributed by atoms with Gasteiger partial charge in [-0.1, -0.05) is 53.4 Å². The maximum Gasteiger partial charge on any atom is 0.0568 e. The molecule has 0 aromatic carbocycles. The first-order chi connectivity index (χ1) is 6.09. The van der Waals surface area contributed by atoms with Gasteiger partial charge in [0.25, 0.3) is 0 Å². The molecule has 0 radical (unpaired) electrons. The molecule has 1 nitrogen and oxygen atoms in total. The minimum Gasteiger partial charge on any atom is -0.393 e. The summed E-state index contributed by atoms with van der Waals surface area (Å²) in [5, 5.41) is 9.79. The maximum atomic E-state index is 9.79. The molecule has 80 valence electrons. The molecular weight excluding hydrogens is 160 g/mol. The highest BCUT2D eigenvalue weighted by molar-refractivity contribution is 4.67. The van der Waals surface area contributed by atoms with Gasteiger partial charge in [0.15, 0.2) is 0 Å². The Kier molecular flexibility index (Phi) is 7.35. The van der Waals surface area contributed by atoms with Crippen LogP contribution in [0.2, 0.25) is 0 Å². The Morgan fingerprint density at radius 2 is 1.62 bits per heavy atom. The average Bonchev–Trinajstić information content (AvgIpc) is 2.10. The summed E-state index contributed by atoms with van der Waals surface area (Å²) in [6, 6.07) is 0. The molecule has 0 bridgehead atoms. The summed E-state index contributed by atoms with van der Waals surface area (Å²) in [5.74, 6) is 1.04. The Morgan fingerprint density at radius 3 is 2.08 bits per heavy atom. The molecule has 0 amide bonds. The molecule has 0 aromatic rings. The fourth-order valence-corrected chi connectivity index (χ4v) is 1.49. The molecule has 1 heteroatoms. The van der Waals surface area contributed by atoms with Gasteiger partial charge in [-0.15, -0.1) is 0 Å². The van der Waals surface area contributed by atoms with Gasteiger partial charge in [-0.05, 0) is 18.3 Å². The van der Waals surface area contributed by atoms with Crippen molar-refractivity contribution in [1.29, 1.82) is 0 Å². The van der Waals surface area contributed by atoms with Gasteiger partial charge in [-0.25, -0.2) is 0 Å². The third-order valence-electron chi connectivity index (χ3n) is 3.01. The van der Waals surface area contributed by atoms with Crippen molar-refractivity contribution in [2.45, 2.75) is 65.9 Å². The molecule has 0 saturated heterocycles. The summed E-state index contributed by atoms with van der Waals surface area (Å²) in [7, 11) is 0. The monoisotopic (exact) mass is 186 g/mol. The van der Waals surface area contributed by atoms with Crippen molar-refractivity contribution in [3.8, 4) is 0 Å². The number of hydrogen-bond acceptors (Lipinski definition) is 1. The first kappa shape index (κ1) is 13.0. The Balaban J connectivity index is 3.44. The smallest absolute Gasteiger partial charge is 0.0568 e. The van der Waals surface area contributed by atoms with E-state index in [-0.39, 0.29) is 6.10 Å². The van der Waals surface area contributed by atoms with Crippen molar-refractivity contribution in [2.24, 2.45) is 11.8 Å². The lowest BCUT2D eigenvalue weighted by atomic mass is 9.89. The van der Waals surface area contributed by atoms with Gasteiger partial charge in [0.1, 0.15) is 0 Å². The van der Waals surface area contributed by atoms with Crippen LogP contribution in [0.15, 0.2) is 0 Å². The summed E-state index contributed by atoms with van der Waals surface area (Å²) < 4.78 is 0. The zero-order valence-corrected chi connectivity index (χ0v) is 9.71. The largest absolute Gasteiger partial charge is 0.393 e. The van der Waals surface area contributed by atoms with Crippen LogP contribution in [0.3, 0.4) is 0 Å². The molecule has 0 aliphatic carbocycles. The van der Waals surface area contributed by atoms with Crippen LogP contribution in [-0.4, -0.2) is 11.2 Å². The Bertz CT molecular complexity index is 110. The number of hydrogen-bond donors (Lipinski definition) is 1. The van der Waals surface area contributed by atoms with E-state index in [4.69, 9.17) is 0 Å². The van der Waals surface area contributed by atoms with Crippen molar-refractivity contribution in [3.63, 3.8) is 0 Å². The average molecular weight is 186 g/mol. The van der Waals surface area contributed by atoms with Crippen LogP contribution < -0.4 is 0 Å². The highest BCUT2D eigenvalue weighted by Gasteiger charge is 2.16. The molecule has 0 aliphatic rings. The first-order valence-electron chi connectivity index (χ1n) is 5.77. The lowest BCUT2D eigenvalue weighted by Gasteiger charge is -2.22. The van der Waals surface area contributed by atoms with Crippen LogP contribution in [-0.2, 0) is 0 Å². The normalized spacial score (nSPS) is 16.2. The van der Waals surface area contributed by atoms with Gasteiger partial charge in [-0.3, -0.25) is 0 Å². The minimum absolute atomic E-state index is 0.0862. The number of rotatable bonds is 7. The van der Waals surface area contributed by atoms with Crippen LogP contribution in [0.25, 0.3) is 0 Å². The third-order valence-corrected chi connectivity index (χ3v) is 3.01. The van der Waals surface area contributed by atoms with Gasteiger partial charge in [-0.2, -0.15) is 0 Å². The molecule has 0 rings (SSSR count). The van der Waals surface area contributed by atoms with Gasteiger partial charge < -0.3 is 5.11 Å². The van der Waals surface area contributed by atoms with Crippen LogP contribution in [0.1, 0.15) is 59.8 Å². The molecule has 2 atom stereocenters. The fourth-order valence-electron chi connectivity index (χ4n) is 1.49. The number of aliphatic hydroxyl groups excluding tert-OH is 1. The second kappa shape index (κ2) is 7.37. The molecule has 0 fully saturated rings. The summed E-state index contributed by atoms with van der Waals surface area (Å²) in [6.07, 6.45) is 5.94.